The number of nitrogens with one attached hydrogen (secondary N) is 4. The minimum absolute atomic E-state index is 0.104. The van der Waals surface area contributed by atoms with Crippen LogP contribution in [-0.4, -0.2) is 71.2 Å². The minimum atomic E-state index is -0.894. The van der Waals surface area contributed by atoms with Crippen LogP contribution in [0.25, 0.3) is 0 Å². The molecule has 0 aliphatic carbocycles. The van der Waals surface area contributed by atoms with Crippen molar-refractivity contribution in [1.29, 1.82) is 0 Å². The topological polar surface area (TPSA) is 137 Å². The summed E-state index contributed by atoms with van der Waals surface area (Å²) in [6.45, 7) is 15.7. The number of rotatable bonds is 7. The van der Waals surface area contributed by atoms with Gasteiger partial charge in [-0.1, -0.05) is 61.8 Å². The fraction of sp³-hybridized carbons (Fsp3) is 0.821. The highest BCUT2D eigenvalue weighted by Gasteiger charge is 2.41. The molecular weight excluding hydrogens is 486 g/mol. The summed E-state index contributed by atoms with van der Waals surface area (Å²) in [6, 6.07) is -4.16. The van der Waals surface area contributed by atoms with Crippen LogP contribution in [0.5, 0.6) is 0 Å². The molecule has 2 aliphatic heterocycles. The van der Waals surface area contributed by atoms with E-state index in [9.17, 15) is 24.0 Å². The molecule has 0 aromatic heterocycles. The van der Waals surface area contributed by atoms with Gasteiger partial charge in [0, 0.05) is 6.54 Å². The van der Waals surface area contributed by atoms with E-state index in [1.54, 1.807) is 4.90 Å². The van der Waals surface area contributed by atoms with Crippen LogP contribution >= 0.6 is 0 Å². The van der Waals surface area contributed by atoms with Crippen molar-refractivity contribution in [2.24, 2.45) is 23.7 Å². The molecule has 0 bridgehead atoms. The number of carbonyl (C=O) groups is 5. The summed E-state index contributed by atoms with van der Waals surface area (Å²) < 4.78 is 0. The Bertz CT molecular complexity index is 874. The van der Waals surface area contributed by atoms with E-state index in [0.29, 0.717) is 38.6 Å². The zero-order chi connectivity index (χ0) is 28.7. The number of fused-ring (bicyclic) bond motifs is 1. The maximum Gasteiger partial charge on any atom is 0.245 e. The average molecular weight is 536 g/mol. The molecule has 2 rings (SSSR count). The van der Waals surface area contributed by atoms with Gasteiger partial charge in [-0.05, 0) is 49.4 Å². The van der Waals surface area contributed by atoms with E-state index in [-0.39, 0.29) is 35.5 Å². The van der Waals surface area contributed by atoms with Crippen LogP contribution in [0.2, 0.25) is 0 Å². The second-order valence-corrected chi connectivity index (χ2v) is 12.2. The van der Waals surface area contributed by atoms with Gasteiger partial charge in [0.1, 0.15) is 30.2 Å². The minimum Gasteiger partial charge on any atom is -0.343 e. The maximum atomic E-state index is 13.7. The lowest BCUT2D eigenvalue weighted by atomic mass is 9.95. The summed E-state index contributed by atoms with van der Waals surface area (Å²) >= 11 is 0. The SMILES string of the molecule is CC[C@@H](C)[C@H]1NC(=O)[C@H](C(C)C)NC(=O)[C@@H](CC(C)C)NC(=O)[C@@H]2CCCN2C(=O)[C@H](CC(C)C)NC1=O. The molecule has 5 amide bonds. The predicted molar refractivity (Wildman–Crippen MR) is 146 cm³/mol. The smallest absolute Gasteiger partial charge is 0.245 e. The molecule has 2 fully saturated rings. The normalized spacial score (nSPS) is 28.9. The monoisotopic (exact) mass is 535 g/mol. The van der Waals surface area contributed by atoms with Crippen LogP contribution in [0.15, 0.2) is 0 Å². The van der Waals surface area contributed by atoms with Gasteiger partial charge in [-0.15, -0.1) is 0 Å². The Hall–Kier alpha value is -2.65. The average Bonchev–Trinajstić information content (AvgIpc) is 3.32. The Kier molecular flexibility index (Phi) is 11.6. The van der Waals surface area contributed by atoms with Gasteiger partial charge in [-0.2, -0.15) is 0 Å². The zero-order valence-corrected chi connectivity index (χ0v) is 24.4. The molecule has 2 saturated heterocycles. The molecule has 0 saturated carbocycles. The van der Waals surface area contributed by atoms with Crippen molar-refractivity contribution >= 4 is 29.5 Å². The molecule has 2 aliphatic rings. The molecule has 4 N–H and O–H groups in total. The summed E-state index contributed by atoms with van der Waals surface area (Å²) in [5, 5.41) is 11.5. The third-order valence-electron chi connectivity index (χ3n) is 7.54. The van der Waals surface area contributed by atoms with Crippen molar-refractivity contribution in [3.05, 3.63) is 0 Å². The first-order chi connectivity index (χ1) is 17.8. The Balaban J connectivity index is 2.56. The highest BCUT2D eigenvalue weighted by molar-refractivity contribution is 5.98. The van der Waals surface area contributed by atoms with E-state index in [4.69, 9.17) is 0 Å². The second-order valence-electron chi connectivity index (χ2n) is 12.2. The fourth-order valence-electron chi connectivity index (χ4n) is 5.16. The van der Waals surface area contributed by atoms with Gasteiger partial charge in [0.2, 0.25) is 29.5 Å². The molecule has 2 heterocycles. The Morgan fingerprint density at radius 2 is 1.24 bits per heavy atom. The van der Waals surface area contributed by atoms with E-state index >= 15 is 0 Å². The van der Waals surface area contributed by atoms with Gasteiger partial charge in [-0.25, -0.2) is 0 Å². The number of hydrogen-bond acceptors (Lipinski definition) is 5. The van der Waals surface area contributed by atoms with Gasteiger partial charge in [0.15, 0.2) is 0 Å². The van der Waals surface area contributed by atoms with Crippen molar-refractivity contribution in [3.8, 4) is 0 Å². The maximum absolute atomic E-state index is 13.7. The molecule has 10 heteroatoms. The standard InChI is InChI=1S/C28H49N5O5/c1-9-18(8)23-27(37)30-20(14-16(4)5)28(38)33-12-10-11-21(33)25(35)29-19(13-15(2)3)24(34)31-22(17(6)7)26(36)32-23/h15-23H,9-14H2,1-8H3,(H,29,35)(H,30,37)(H,31,34)(H,32,36)/t18-,19-,20+,21+,22+,23-/m1/s1. The van der Waals surface area contributed by atoms with Gasteiger partial charge >= 0.3 is 0 Å². The molecule has 10 nitrogen and oxygen atoms in total. The van der Waals surface area contributed by atoms with Crippen LogP contribution in [0.4, 0.5) is 0 Å². The van der Waals surface area contributed by atoms with Crippen LogP contribution in [0, 0.1) is 23.7 Å². The van der Waals surface area contributed by atoms with Crippen molar-refractivity contribution in [1.82, 2.24) is 26.2 Å². The lowest BCUT2D eigenvalue weighted by Gasteiger charge is -2.32. The van der Waals surface area contributed by atoms with E-state index in [1.165, 1.54) is 0 Å². The first kappa shape index (κ1) is 31.6. The van der Waals surface area contributed by atoms with E-state index in [0.717, 1.165) is 0 Å². The largest absolute Gasteiger partial charge is 0.343 e. The highest BCUT2D eigenvalue weighted by Crippen LogP contribution is 2.22. The molecule has 38 heavy (non-hydrogen) atoms. The molecule has 0 unspecified atom stereocenters. The summed E-state index contributed by atoms with van der Waals surface area (Å²) in [5.74, 6) is -2.29. The summed E-state index contributed by atoms with van der Waals surface area (Å²) in [4.78, 5) is 69.1. The summed E-state index contributed by atoms with van der Waals surface area (Å²) in [7, 11) is 0. The number of hydrogen-bond donors (Lipinski definition) is 4. The lowest BCUT2D eigenvalue weighted by Crippen LogP contribution is -2.60. The van der Waals surface area contributed by atoms with Crippen LogP contribution in [-0.2, 0) is 24.0 Å². The Morgan fingerprint density at radius 3 is 1.79 bits per heavy atom. The van der Waals surface area contributed by atoms with E-state index < -0.39 is 47.9 Å². The van der Waals surface area contributed by atoms with Crippen molar-refractivity contribution < 1.29 is 24.0 Å². The molecule has 0 spiro atoms. The highest BCUT2D eigenvalue weighted by atomic mass is 16.2. The van der Waals surface area contributed by atoms with E-state index in [2.05, 4.69) is 21.3 Å². The molecule has 6 atom stereocenters. The predicted octanol–water partition coefficient (Wildman–Crippen LogP) is 1.72. The zero-order valence-electron chi connectivity index (χ0n) is 24.4. The first-order valence-corrected chi connectivity index (χ1v) is 14.3. The van der Waals surface area contributed by atoms with Crippen LogP contribution in [0.3, 0.4) is 0 Å². The van der Waals surface area contributed by atoms with Crippen molar-refractivity contribution in [2.75, 3.05) is 6.54 Å². The first-order valence-electron chi connectivity index (χ1n) is 14.3. The molecule has 216 valence electrons. The van der Waals surface area contributed by atoms with E-state index in [1.807, 2.05) is 55.4 Å². The third kappa shape index (κ3) is 8.17. The molecule has 0 aromatic carbocycles. The van der Waals surface area contributed by atoms with Crippen molar-refractivity contribution in [3.63, 3.8) is 0 Å². The number of carbonyl (C=O) groups excluding carboxylic acids is 5. The lowest BCUT2D eigenvalue weighted by molar-refractivity contribution is -0.142. The Labute approximate surface area is 227 Å². The number of amides is 5. The Morgan fingerprint density at radius 1 is 0.711 bits per heavy atom. The quantitative estimate of drug-likeness (QED) is 0.394. The fourth-order valence-corrected chi connectivity index (χ4v) is 5.16. The molecule has 0 aromatic rings. The molecule has 0 radical (unpaired) electrons. The summed E-state index contributed by atoms with van der Waals surface area (Å²) in [5.41, 5.74) is 0. The number of nitrogens with zero attached hydrogens (tertiary/aromatic N) is 1. The van der Waals surface area contributed by atoms with Gasteiger partial charge in [0.25, 0.3) is 0 Å². The third-order valence-corrected chi connectivity index (χ3v) is 7.54. The van der Waals surface area contributed by atoms with Gasteiger partial charge < -0.3 is 26.2 Å². The van der Waals surface area contributed by atoms with Gasteiger partial charge in [-0.3, -0.25) is 24.0 Å². The van der Waals surface area contributed by atoms with Gasteiger partial charge in [0.05, 0.1) is 0 Å². The van der Waals surface area contributed by atoms with Crippen molar-refractivity contribution in [2.45, 2.75) is 118 Å². The second kappa shape index (κ2) is 13.9. The van der Waals surface area contributed by atoms with Crippen LogP contribution in [0.1, 0.15) is 87.5 Å². The van der Waals surface area contributed by atoms with Crippen LogP contribution < -0.4 is 21.3 Å². The summed E-state index contributed by atoms with van der Waals surface area (Å²) in [6.07, 6.45) is 2.56. The molecular formula is C28H49N5O5.